The Kier molecular flexibility index (Phi) is 4.34. The van der Waals surface area contributed by atoms with Gasteiger partial charge in [-0.2, -0.15) is 11.3 Å². The summed E-state index contributed by atoms with van der Waals surface area (Å²) in [6.45, 7) is 7.13. The first-order valence-electron chi connectivity index (χ1n) is 7.21. The van der Waals surface area contributed by atoms with Crippen LogP contribution in [0.2, 0.25) is 0 Å². The molecule has 106 valence electrons. The summed E-state index contributed by atoms with van der Waals surface area (Å²) in [7, 11) is 0. The van der Waals surface area contributed by atoms with Crippen molar-refractivity contribution in [2.45, 2.75) is 58.3 Å². The van der Waals surface area contributed by atoms with E-state index in [1.165, 1.54) is 31.2 Å². The minimum atomic E-state index is 0.0648. The number of nitrogens with one attached hydrogen (secondary N) is 1. The van der Waals surface area contributed by atoms with E-state index in [9.17, 15) is 4.79 Å². The van der Waals surface area contributed by atoms with Crippen molar-refractivity contribution in [1.29, 1.82) is 0 Å². The molecule has 1 aliphatic carbocycles. The van der Waals surface area contributed by atoms with Crippen molar-refractivity contribution in [3.63, 3.8) is 0 Å². The van der Waals surface area contributed by atoms with E-state index < -0.39 is 0 Å². The van der Waals surface area contributed by atoms with Crippen LogP contribution in [-0.2, 0) is 10.2 Å². The Morgan fingerprint density at radius 3 is 2.58 bits per heavy atom. The summed E-state index contributed by atoms with van der Waals surface area (Å²) >= 11 is 1.76. The molecular weight excluding hydrogens is 254 g/mol. The summed E-state index contributed by atoms with van der Waals surface area (Å²) in [6, 6.07) is 2.23. The first kappa shape index (κ1) is 14.6. The van der Waals surface area contributed by atoms with Crippen LogP contribution in [0.5, 0.6) is 0 Å². The fourth-order valence-electron chi connectivity index (χ4n) is 3.00. The molecule has 0 aliphatic heterocycles. The maximum atomic E-state index is 12.0. The fraction of sp³-hybridized carbons (Fsp3) is 0.688. The van der Waals surface area contributed by atoms with Crippen LogP contribution < -0.4 is 5.32 Å². The molecule has 0 radical (unpaired) electrons. The lowest BCUT2D eigenvalue weighted by molar-refractivity contribution is -0.123. The Morgan fingerprint density at radius 2 is 2.05 bits per heavy atom. The Morgan fingerprint density at radius 1 is 1.37 bits per heavy atom. The van der Waals surface area contributed by atoms with E-state index in [0.717, 1.165) is 6.54 Å². The first-order chi connectivity index (χ1) is 8.91. The molecule has 2 nitrogen and oxygen atoms in total. The van der Waals surface area contributed by atoms with Crippen molar-refractivity contribution in [3.05, 3.63) is 22.4 Å². The third kappa shape index (κ3) is 3.82. The van der Waals surface area contributed by atoms with Gasteiger partial charge >= 0.3 is 0 Å². The molecule has 19 heavy (non-hydrogen) atoms. The highest BCUT2D eigenvalue weighted by Gasteiger charge is 2.36. The average Bonchev–Trinajstić information content (AvgIpc) is 2.96. The van der Waals surface area contributed by atoms with Crippen LogP contribution in [0.4, 0.5) is 0 Å². The van der Waals surface area contributed by atoms with Gasteiger partial charge in [-0.25, -0.2) is 0 Å². The molecule has 1 aromatic heterocycles. The fourth-order valence-corrected chi connectivity index (χ4v) is 3.78. The first-order valence-corrected chi connectivity index (χ1v) is 8.15. The molecule has 1 aromatic rings. The standard InChI is InChI=1S/C16H25NOS/c1-15(2,3)10-14(18)17-12-16(7-4-5-8-16)13-6-9-19-11-13/h6,9,11H,4-5,7-8,10,12H2,1-3H3,(H,17,18). The van der Waals surface area contributed by atoms with Gasteiger partial charge < -0.3 is 5.32 Å². The monoisotopic (exact) mass is 279 g/mol. The Labute approximate surface area is 120 Å². The quantitative estimate of drug-likeness (QED) is 0.883. The predicted molar refractivity (Wildman–Crippen MR) is 81.5 cm³/mol. The SMILES string of the molecule is CC(C)(C)CC(=O)NCC1(c2ccsc2)CCCC1. The van der Waals surface area contributed by atoms with Gasteiger partial charge in [0.1, 0.15) is 0 Å². The summed E-state index contributed by atoms with van der Waals surface area (Å²) in [5.41, 5.74) is 1.69. The van der Waals surface area contributed by atoms with Crippen molar-refractivity contribution in [2.75, 3.05) is 6.54 Å². The van der Waals surface area contributed by atoms with Gasteiger partial charge in [0.2, 0.25) is 5.91 Å². The molecule has 1 fully saturated rings. The molecule has 0 saturated heterocycles. The third-order valence-corrected chi connectivity index (χ3v) is 4.69. The highest BCUT2D eigenvalue weighted by Crippen LogP contribution is 2.41. The number of amides is 1. The highest BCUT2D eigenvalue weighted by atomic mass is 32.1. The second-order valence-electron chi connectivity index (χ2n) is 7.01. The van der Waals surface area contributed by atoms with Crippen molar-refractivity contribution in [2.24, 2.45) is 5.41 Å². The normalized spacial score (nSPS) is 18.5. The smallest absolute Gasteiger partial charge is 0.220 e. The van der Waals surface area contributed by atoms with Crippen LogP contribution in [-0.4, -0.2) is 12.5 Å². The molecule has 2 rings (SSSR count). The molecular formula is C16H25NOS. The number of thiophene rings is 1. The lowest BCUT2D eigenvalue weighted by atomic mass is 9.80. The molecule has 0 spiro atoms. The minimum Gasteiger partial charge on any atom is -0.355 e. The van der Waals surface area contributed by atoms with Crippen molar-refractivity contribution in [1.82, 2.24) is 5.32 Å². The Balaban J connectivity index is 1.97. The van der Waals surface area contributed by atoms with Gasteiger partial charge in [-0.15, -0.1) is 0 Å². The van der Waals surface area contributed by atoms with Gasteiger partial charge in [0.25, 0.3) is 0 Å². The number of carbonyl (C=O) groups excluding carboxylic acids is 1. The van der Waals surface area contributed by atoms with Crippen LogP contribution in [0.25, 0.3) is 0 Å². The summed E-state index contributed by atoms with van der Waals surface area (Å²) in [6.07, 6.45) is 5.59. The summed E-state index contributed by atoms with van der Waals surface area (Å²) in [5.74, 6) is 0.189. The minimum absolute atomic E-state index is 0.0648. The largest absolute Gasteiger partial charge is 0.355 e. The molecule has 0 atom stereocenters. The molecule has 1 aliphatic rings. The van der Waals surface area contributed by atoms with Crippen molar-refractivity contribution in [3.8, 4) is 0 Å². The number of hydrogen-bond donors (Lipinski definition) is 1. The van der Waals surface area contributed by atoms with Crippen molar-refractivity contribution < 1.29 is 4.79 Å². The topological polar surface area (TPSA) is 29.1 Å². The molecule has 1 N–H and O–H groups in total. The molecule has 3 heteroatoms. The van der Waals surface area contributed by atoms with Crippen LogP contribution >= 0.6 is 11.3 Å². The molecule has 0 unspecified atom stereocenters. The van der Waals surface area contributed by atoms with E-state index in [4.69, 9.17) is 0 Å². The Hall–Kier alpha value is -0.830. The van der Waals surface area contributed by atoms with E-state index >= 15 is 0 Å². The van der Waals surface area contributed by atoms with Crippen LogP contribution in [0.15, 0.2) is 16.8 Å². The van der Waals surface area contributed by atoms with E-state index in [2.05, 4.69) is 42.9 Å². The molecule has 0 aromatic carbocycles. The zero-order valence-electron chi connectivity index (χ0n) is 12.3. The second-order valence-corrected chi connectivity index (χ2v) is 7.79. The maximum Gasteiger partial charge on any atom is 0.220 e. The lowest BCUT2D eigenvalue weighted by Gasteiger charge is -2.29. The zero-order valence-corrected chi connectivity index (χ0v) is 13.1. The Bertz CT molecular complexity index is 410. The van der Waals surface area contributed by atoms with Gasteiger partial charge in [0, 0.05) is 18.4 Å². The molecule has 0 bridgehead atoms. The third-order valence-electron chi connectivity index (χ3n) is 4.01. The molecule has 1 saturated carbocycles. The van der Waals surface area contributed by atoms with Gasteiger partial charge in [0.05, 0.1) is 0 Å². The van der Waals surface area contributed by atoms with E-state index in [-0.39, 0.29) is 16.7 Å². The van der Waals surface area contributed by atoms with Crippen LogP contribution in [0.3, 0.4) is 0 Å². The number of carbonyl (C=O) groups is 1. The number of hydrogen-bond acceptors (Lipinski definition) is 2. The van der Waals surface area contributed by atoms with Gasteiger partial charge in [-0.1, -0.05) is 33.6 Å². The lowest BCUT2D eigenvalue weighted by Crippen LogP contribution is -2.39. The van der Waals surface area contributed by atoms with Crippen molar-refractivity contribution >= 4 is 17.2 Å². The second kappa shape index (κ2) is 5.66. The molecule has 1 heterocycles. The summed E-state index contributed by atoms with van der Waals surface area (Å²) < 4.78 is 0. The summed E-state index contributed by atoms with van der Waals surface area (Å²) in [5, 5.41) is 7.57. The highest BCUT2D eigenvalue weighted by molar-refractivity contribution is 7.08. The van der Waals surface area contributed by atoms with Gasteiger partial charge in [-0.05, 0) is 40.6 Å². The maximum absolute atomic E-state index is 12.0. The van der Waals surface area contributed by atoms with Gasteiger partial charge in [0.15, 0.2) is 0 Å². The molecule has 1 amide bonds. The average molecular weight is 279 g/mol. The zero-order chi connectivity index (χ0) is 13.9. The van der Waals surface area contributed by atoms with E-state index in [1.54, 1.807) is 11.3 Å². The van der Waals surface area contributed by atoms with Crippen LogP contribution in [0.1, 0.15) is 58.4 Å². The summed E-state index contributed by atoms with van der Waals surface area (Å²) in [4.78, 5) is 12.0. The predicted octanol–water partition coefficient (Wildman–Crippen LogP) is 4.11. The number of rotatable bonds is 4. The van der Waals surface area contributed by atoms with E-state index in [0.29, 0.717) is 6.42 Å². The van der Waals surface area contributed by atoms with Gasteiger partial charge in [-0.3, -0.25) is 4.79 Å². The van der Waals surface area contributed by atoms with Crippen LogP contribution in [0, 0.1) is 5.41 Å². The van der Waals surface area contributed by atoms with E-state index in [1.807, 2.05) is 0 Å².